The Balaban J connectivity index is 1.67. The maximum absolute atomic E-state index is 11.6. The summed E-state index contributed by atoms with van der Waals surface area (Å²) in [6.07, 6.45) is 3.99. The van der Waals surface area contributed by atoms with Gasteiger partial charge < -0.3 is 20.5 Å². The Morgan fingerprint density at radius 3 is 2.79 bits per heavy atom. The summed E-state index contributed by atoms with van der Waals surface area (Å²) in [7, 11) is 1.52. The van der Waals surface area contributed by atoms with Gasteiger partial charge in [0, 0.05) is 6.54 Å². The van der Waals surface area contributed by atoms with Crippen LogP contribution in [0.4, 0.5) is 10.5 Å². The van der Waals surface area contributed by atoms with Gasteiger partial charge in [0.05, 0.1) is 18.5 Å². The van der Waals surface area contributed by atoms with Crippen molar-refractivity contribution in [3.8, 4) is 5.88 Å². The molecule has 0 aliphatic rings. The van der Waals surface area contributed by atoms with Gasteiger partial charge in [-0.15, -0.1) is 0 Å². The van der Waals surface area contributed by atoms with Crippen molar-refractivity contribution < 1.29 is 14.3 Å². The molecule has 1 aromatic carbocycles. The second kappa shape index (κ2) is 9.19. The SMILES string of the molecule is COc1nc(C=CCCNC(=O)OCc2ccccc2)ccc1N. The molecular weight excluding hydrogens is 306 g/mol. The third kappa shape index (κ3) is 5.64. The molecule has 0 unspecified atom stereocenters. The van der Waals surface area contributed by atoms with Crippen molar-refractivity contribution in [1.29, 1.82) is 0 Å². The molecule has 1 aromatic heterocycles. The Hall–Kier alpha value is -3.02. The molecule has 0 saturated carbocycles. The molecule has 126 valence electrons. The van der Waals surface area contributed by atoms with E-state index in [1.807, 2.05) is 42.5 Å². The van der Waals surface area contributed by atoms with Crippen LogP contribution in [0, 0.1) is 0 Å². The third-order valence-corrected chi connectivity index (χ3v) is 3.19. The average Bonchev–Trinajstić information content (AvgIpc) is 2.62. The van der Waals surface area contributed by atoms with Gasteiger partial charge in [-0.1, -0.05) is 36.4 Å². The van der Waals surface area contributed by atoms with E-state index in [0.717, 1.165) is 11.3 Å². The Bertz CT molecular complexity index is 687. The first-order valence-corrected chi connectivity index (χ1v) is 7.60. The summed E-state index contributed by atoms with van der Waals surface area (Å²) < 4.78 is 10.2. The fourth-order valence-corrected chi connectivity index (χ4v) is 1.96. The van der Waals surface area contributed by atoms with Crippen molar-refractivity contribution in [3.63, 3.8) is 0 Å². The van der Waals surface area contributed by atoms with Crippen LogP contribution in [0.3, 0.4) is 0 Å². The lowest BCUT2D eigenvalue weighted by molar-refractivity contribution is 0.140. The van der Waals surface area contributed by atoms with Gasteiger partial charge in [-0.05, 0) is 30.2 Å². The number of nitrogens with two attached hydrogens (primary N) is 1. The quantitative estimate of drug-likeness (QED) is 0.763. The molecule has 0 bridgehead atoms. The van der Waals surface area contributed by atoms with Crippen molar-refractivity contribution in [3.05, 3.63) is 59.8 Å². The highest BCUT2D eigenvalue weighted by Crippen LogP contribution is 2.18. The van der Waals surface area contributed by atoms with E-state index in [2.05, 4.69) is 10.3 Å². The van der Waals surface area contributed by atoms with E-state index in [-0.39, 0.29) is 6.61 Å². The van der Waals surface area contributed by atoms with Crippen molar-refractivity contribution in [2.24, 2.45) is 0 Å². The van der Waals surface area contributed by atoms with Crippen LogP contribution in [0.15, 0.2) is 48.5 Å². The third-order valence-electron chi connectivity index (χ3n) is 3.19. The van der Waals surface area contributed by atoms with Crippen LogP contribution in [-0.4, -0.2) is 24.7 Å². The number of rotatable bonds is 7. The number of hydrogen-bond donors (Lipinski definition) is 2. The number of nitrogen functional groups attached to an aromatic ring is 1. The number of hydrogen-bond acceptors (Lipinski definition) is 5. The Labute approximate surface area is 141 Å². The predicted molar refractivity (Wildman–Crippen MR) is 93.5 cm³/mol. The van der Waals surface area contributed by atoms with Gasteiger partial charge in [-0.3, -0.25) is 0 Å². The molecule has 0 atom stereocenters. The maximum Gasteiger partial charge on any atom is 0.407 e. The predicted octanol–water partition coefficient (Wildman–Crippen LogP) is 3.00. The highest BCUT2D eigenvalue weighted by Gasteiger charge is 2.02. The number of nitrogens with zero attached hydrogens (tertiary/aromatic N) is 1. The first-order valence-electron chi connectivity index (χ1n) is 7.60. The van der Waals surface area contributed by atoms with Gasteiger partial charge in [0.25, 0.3) is 0 Å². The Morgan fingerprint density at radius 2 is 2.04 bits per heavy atom. The van der Waals surface area contributed by atoms with Crippen LogP contribution >= 0.6 is 0 Å². The number of amides is 1. The highest BCUT2D eigenvalue weighted by atomic mass is 16.5. The normalized spacial score (nSPS) is 10.5. The van der Waals surface area contributed by atoms with Gasteiger partial charge in [0.15, 0.2) is 0 Å². The van der Waals surface area contributed by atoms with Crippen LogP contribution in [-0.2, 0) is 11.3 Å². The molecule has 0 fully saturated rings. The number of nitrogens with one attached hydrogen (secondary N) is 1. The topological polar surface area (TPSA) is 86.5 Å². The van der Waals surface area contributed by atoms with Gasteiger partial charge >= 0.3 is 6.09 Å². The minimum atomic E-state index is -0.431. The fourth-order valence-electron chi connectivity index (χ4n) is 1.96. The van der Waals surface area contributed by atoms with E-state index < -0.39 is 6.09 Å². The van der Waals surface area contributed by atoms with Crippen LogP contribution < -0.4 is 15.8 Å². The number of carbonyl (C=O) groups is 1. The van der Waals surface area contributed by atoms with E-state index in [0.29, 0.717) is 24.5 Å². The van der Waals surface area contributed by atoms with Crippen molar-refractivity contribution in [2.75, 3.05) is 19.4 Å². The van der Waals surface area contributed by atoms with Gasteiger partial charge in [0.2, 0.25) is 5.88 Å². The molecule has 0 aliphatic heterocycles. The summed E-state index contributed by atoms with van der Waals surface area (Å²) in [6.45, 7) is 0.744. The number of anilines is 1. The molecule has 1 amide bonds. The molecule has 0 radical (unpaired) electrons. The molecule has 2 rings (SSSR count). The van der Waals surface area contributed by atoms with E-state index in [4.69, 9.17) is 15.2 Å². The number of aromatic nitrogens is 1. The second-order valence-corrected chi connectivity index (χ2v) is 5.01. The summed E-state index contributed by atoms with van der Waals surface area (Å²) in [5.41, 5.74) is 7.90. The smallest absolute Gasteiger partial charge is 0.407 e. The number of ether oxygens (including phenoxy) is 2. The molecule has 6 heteroatoms. The zero-order chi connectivity index (χ0) is 17.2. The lowest BCUT2D eigenvalue weighted by Crippen LogP contribution is -2.24. The first kappa shape index (κ1) is 17.3. The first-order chi connectivity index (χ1) is 11.7. The van der Waals surface area contributed by atoms with Crippen LogP contribution in [0.5, 0.6) is 5.88 Å². The number of carbonyl (C=O) groups excluding carboxylic acids is 1. The van der Waals surface area contributed by atoms with E-state index >= 15 is 0 Å². The Morgan fingerprint density at radius 1 is 1.25 bits per heavy atom. The molecular formula is C18H21N3O3. The average molecular weight is 327 g/mol. The number of alkyl carbamates (subject to hydrolysis) is 1. The van der Waals surface area contributed by atoms with Gasteiger partial charge in [-0.2, -0.15) is 0 Å². The molecule has 2 aromatic rings. The lowest BCUT2D eigenvalue weighted by atomic mass is 10.2. The van der Waals surface area contributed by atoms with Crippen LogP contribution in [0.2, 0.25) is 0 Å². The molecule has 1 heterocycles. The van der Waals surface area contributed by atoms with Gasteiger partial charge in [0.1, 0.15) is 6.61 Å². The van der Waals surface area contributed by atoms with Crippen LogP contribution in [0.25, 0.3) is 6.08 Å². The molecule has 3 N–H and O–H groups in total. The second-order valence-electron chi connectivity index (χ2n) is 5.01. The maximum atomic E-state index is 11.6. The van der Waals surface area contributed by atoms with Gasteiger partial charge in [-0.25, -0.2) is 9.78 Å². The number of pyridine rings is 1. The summed E-state index contributed by atoms with van der Waals surface area (Å²) in [5.74, 6) is 0.403. The Kier molecular flexibility index (Phi) is 6.64. The summed E-state index contributed by atoms with van der Waals surface area (Å²) >= 11 is 0. The number of benzene rings is 1. The molecule has 0 aliphatic carbocycles. The molecule has 24 heavy (non-hydrogen) atoms. The standard InChI is InChI=1S/C18H21N3O3/c1-23-17-16(19)11-10-15(21-17)9-5-6-12-20-18(22)24-13-14-7-3-2-4-8-14/h2-5,7-11H,6,12-13,19H2,1H3,(H,20,22). The monoisotopic (exact) mass is 327 g/mol. The molecule has 6 nitrogen and oxygen atoms in total. The van der Waals surface area contributed by atoms with Crippen molar-refractivity contribution in [1.82, 2.24) is 10.3 Å². The summed E-state index contributed by atoms with van der Waals surface area (Å²) in [6, 6.07) is 13.1. The largest absolute Gasteiger partial charge is 0.480 e. The minimum Gasteiger partial charge on any atom is -0.480 e. The molecule has 0 spiro atoms. The van der Waals surface area contributed by atoms with E-state index in [9.17, 15) is 4.79 Å². The summed E-state index contributed by atoms with van der Waals surface area (Å²) in [5, 5.41) is 2.69. The number of methoxy groups -OCH3 is 1. The fraction of sp³-hybridized carbons (Fsp3) is 0.222. The lowest BCUT2D eigenvalue weighted by Gasteiger charge is -2.06. The minimum absolute atomic E-state index is 0.262. The van der Waals surface area contributed by atoms with Crippen molar-refractivity contribution >= 4 is 17.9 Å². The summed E-state index contributed by atoms with van der Waals surface area (Å²) in [4.78, 5) is 15.8. The van der Waals surface area contributed by atoms with E-state index in [1.54, 1.807) is 12.1 Å². The van der Waals surface area contributed by atoms with E-state index in [1.165, 1.54) is 7.11 Å². The van der Waals surface area contributed by atoms with Crippen molar-refractivity contribution in [2.45, 2.75) is 13.0 Å². The molecule has 0 saturated heterocycles. The zero-order valence-corrected chi connectivity index (χ0v) is 13.6. The zero-order valence-electron chi connectivity index (χ0n) is 13.6. The van der Waals surface area contributed by atoms with Crippen LogP contribution in [0.1, 0.15) is 17.7 Å². The highest BCUT2D eigenvalue weighted by molar-refractivity contribution is 5.67.